The van der Waals surface area contributed by atoms with Crippen molar-refractivity contribution in [2.75, 3.05) is 18.5 Å². The second kappa shape index (κ2) is 9.04. The summed E-state index contributed by atoms with van der Waals surface area (Å²) in [5.74, 6) is 0.246. The van der Waals surface area contributed by atoms with Gasteiger partial charge in [0.2, 0.25) is 11.8 Å². The maximum Gasteiger partial charge on any atom is 0.243 e. The van der Waals surface area contributed by atoms with E-state index < -0.39 is 0 Å². The van der Waals surface area contributed by atoms with Gasteiger partial charge in [0.15, 0.2) is 0 Å². The number of carbonyl (C=O) groups excluding carboxylic acids is 2. The molecule has 0 atom stereocenters. The van der Waals surface area contributed by atoms with Gasteiger partial charge in [-0.05, 0) is 29.2 Å². The topological polar surface area (TPSA) is 67.4 Å². The molecular formula is C21H26N2O3. The molecule has 0 radical (unpaired) electrons. The van der Waals surface area contributed by atoms with E-state index in [0.29, 0.717) is 0 Å². The molecule has 0 saturated heterocycles. The number of rotatable bonds is 7. The third kappa shape index (κ3) is 6.24. The Balaban J connectivity index is 1.76. The summed E-state index contributed by atoms with van der Waals surface area (Å²) in [4.78, 5) is 24.0. The maximum absolute atomic E-state index is 12.1. The number of amides is 2. The first-order valence-electron chi connectivity index (χ1n) is 8.70. The molecule has 0 aliphatic heterocycles. The van der Waals surface area contributed by atoms with Crippen LogP contribution in [0, 0.1) is 0 Å². The van der Waals surface area contributed by atoms with E-state index in [4.69, 9.17) is 4.74 Å². The summed E-state index contributed by atoms with van der Waals surface area (Å²) < 4.78 is 5.47. The van der Waals surface area contributed by atoms with Crippen LogP contribution in [-0.2, 0) is 15.0 Å². The van der Waals surface area contributed by atoms with Crippen molar-refractivity contribution >= 4 is 17.5 Å². The molecule has 2 aromatic carbocycles. The second-order valence-corrected chi connectivity index (χ2v) is 7.03. The van der Waals surface area contributed by atoms with E-state index in [1.165, 1.54) is 0 Å². The van der Waals surface area contributed by atoms with Crippen LogP contribution in [0.2, 0.25) is 0 Å². The first-order valence-corrected chi connectivity index (χ1v) is 8.70. The van der Waals surface area contributed by atoms with E-state index in [-0.39, 0.29) is 36.8 Å². The predicted molar refractivity (Wildman–Crippen MR) is 103 cm³/mol. The number of hydrogen-bond acceptors (Lipinski definition) is 3. The molecule has 0 aromatic heterocycles. The van der Waals surface area contributed by atoms with Gasteiger partial charge in [0.25, 0.3) is 0 Å². The highest BCUT2D eigenvalue weighted by atomic mass is 16.5. The first kappa shape index (κ1) is 19.5. The highest BCUT2D eigenvalue weighted by Crippen LogP contribution is 2.29. The zero-order chi connectivity index (χ0) is 19.0. The minimum Gasteiger partial charge on any atom is -0.493 e. The number of ether oxygens (including phenoxy) is 1. The van der Waals surface area contributed by atoms with Gasteiger partial charge in [-0.2, -0.15) is 0 Å². The largest absolute Gasteiger partial charge is 0.493 e. The lowest BCUT2D eigenvalue weighted by molar-refractivity contribution is -0.124. The van der Waals surface area contributed by atoms with Gasteiger partial charge in [-0.25, -0.2) is 0 Å². The van der Waals surface area contributed by atoms with E-state index in [0.717, 1.165) is 17.0 Å². The van der Waals surface area contributed by atoms with Gasteiger partial charge in [0, 0.05) is 5.69 Å². The van der Waals surface area contributed by atoms with Gasteiger partial charge in [0.1, 0.15) is 5.75 Å². The lowest BCUT2D eigenvalue weighted by Crippen LogP contribution is -2.34. The van der Waals surface area contributed by atoms with Gasteiger partial charge in [-0.3, -0.25) is 9.59 Å². The Bertz CT molecular complexity index is 736. The van der Waals surface area contributed by atoms with Crippen LogP contribution in [0.25, 0.3) is 0 Å². The van der Waals surface area contributed by atoms with E-state index in [9.17, 15) is 9.59 Å². The minimum atomic E-state index is -0.251. The summed E-state index contributed by atoms with van der Waals surface area (Å²) >= 11 is 0. The van der Waals surface area contributed by atoms with Crippen molar-refractivity contribution in [2.24, 2.45) is 0 Å². The Morgan fingerprint density at radius 3 is 2.27 bits per heavy atom. The molecule has 138 valence electrons. The molecule has 0 fully saturated rings. The van der Waals surface area contributed by atoms with Crippen LogP contribution >= 0.6 is 0 Å². The van der Waals surface area contributed by atoms with Gasteiger partial charge in [0.05, 0.1) is 19.6 Å². The molecule has 2 aromatic rings. The molecule has 2 rings (SSSR count). The quantitative estimate of drug-likeness (QED) is 0.799. The molecule has 26 heavy (non-hydrogen) atoms. The smallest absolute Gasteiger partial charge is 0.243 e. The summed E-state index contributed by atoms with van der Waals surface area (Å²) in [6.45, 7) is 6.47. The SMILES string of the molecule is CC(C)(C)c1ccccc1NC(=O)CNC(=O)CCOc1ccccc1. The van der Waals surface area contributed by atoms with Crippen LogP contribution in [-0.4, -0.2) is 25.0 Å². The lowest BCUT2D eigenvalue weighted by Gasteiger charge is -2.23. The number of benzene rings is 2. The monoisotopic (exact) mass is 354 g/mol. The summed E-state index contributed by atoms with van der Waals surface area (Å²) in [5, 5.41) is 5.49. The molecule has 2 N–H and O–H groups in total. The molecule has 0 aliphatic carbocycles. The highest BCUT2D eigenvalue weighted by molar-refractivity contribution is 5.95. The van der Waals surface area contributed by atoms with Crippen molar-refractivity contribution in [2.45, 2.75) is 32.6 Å². The van der Waals surface area contributed by atoms with Crippen LogP contribution < -0.4 is 15.4 Å². The van der Waals surface area contributed by atoms with Crippen LogP contribution in [0.1, 0.15) is 32.8 Å². The fourth-order valence-electron chi connectivity index (χ4n) is 2.49. The van der Waals surface area contributed by atoms with E-state index >= 15 is 0 Å². The fraction of sp³-hybridized carbons (Fsp3) is 0.333. The standard InChI is InChI=1S/C21H26N2O3/c1-21(2,3)17-11-7-8-12-18(17)23-20(25)15-22-19(24)13-14-26-16-9-5-4-6-10-16/h4-12H,13-15H2,1-3H3,(H,22,24)(H,23,25). The molecule has 5 nitrogen and oxygen atoms in total. The van der Waals surface area contributed by atoms with Crippen molar-refractivity contribution in [3.63, 3.8) is 0 Å². The molecule has 0 spiro atoms. The molecule has 0 heterocycles. The number of carbonyl (C=O) groups is 2. The summed E-state index contributed by atoms with van der Waals surface area (Å²) in [5.41, 5.74) is 1.74. The number of para-hydroxylation sites is 2. The van der Waals surface area contributed by atoms with Crippen molar-refractivity contribution in [1.82, 2.24) is 5.32 Å². The van der Waals surface area contributed by atoms with Gasteiger partial charge in [-0.1, -0.05) is 57.2 Å². The van der Waals surface area contributed by atoms with E-state index in [1.807, 2.05) is 54.6 Å². The molecule has 5 heteroatoms. The van der Waals surface area contributed by atoms with Crippen LogP contribution in [0.3, 0.4) is 0 Å². The summed E-state index contributed by atoms with van der Waals surface area (Å²) in [6, 6.07) is 17.0. The van der Waals surface area contributed by atoms with Crippen molar-refractivity contribution in [3.05, 3.63) is 60.2 Å². The van der Waals surface area contributed by atoms with Gasteiger partial charge < -0.3 is 15.4 Å². The molecule has 2 amide bonds. The van der Waals surface area contributed by atoms with Crippen LogP contribution in [0.15, 0.2) is 54.6 Å². The van der Waals surface area contributed by atoms with Crippen molar-refractivity contribution in [1.29, 1.82) is 0 Å². The number of anilines is 1. The molecule has 0 unspecified atom stereocenters. The van der Waals surface area contributed by atoms with Crippen LogP contribution in [0.4, 0.5) is 5.69 Å². The van der Waals surface area contributed by atoms with Crippen molar-refractivity contribution in [3.8, 4) is 5.75 Å². The average molecular weight is 354 g/mol. The third-order valence-electron chi connectivity index (χ3n) is 3.80. The zero-order valence-electron chi connectivity index (χ0n) is 15.5. The Morgan fingerprint density at radius 2 is 1.58 bits per heavy atom. The maximum atomic E-state index is 12.1. The Kier molecular flexibility index (Phi) is 6.78. The van der Waals surface area contributed by atoms with Gasteiger partial charge >= 0.3 is 0 Å². The lowest BCUT2D eigenvalue weighted by atomic mass is 9.86. The number of nitrogens with one attached hydrogen (secondary N) is 2. The Morgan fingerprint density at radius 1 is 0.923 bits per heavy atom. The zero-order valence-corrected chi connectivity index (χ0v) is 15.5. The Labute approximate surface area is 154 Å². The van der Waals surface area contributed by atoms with Crippen LogP contribution in [0.5, 0.6) is 5.75 Å². The average Bonchev–Trinajstić information content (AvgIpc) is 2.60. The normalized spacial score (nSPS) is 10.9. The molecule has 0 bridgehead atoms. The van der Waals surface area contributed by atoms with E-state index in [1.54, 1.807) is 0 Å². The second-order valence-electron chi connectivity index (χ2n) is 7.03. The fourth-order valence-corrected chi connectivity index (χ4v) is 2.49. The van der Waals surface area contributed by atoms with E-state index in [2.05, 4.69) is 31.4 Å². The third-order valence-corrected chi connectivity index (χ3v) is 3.80. The highest BCUT2D eigenvalue weighted by Gasteiger charge is 2.18. The summed E-state index contributed by atoms with van der Waals surface area (Å²) in [7, 11) is 0. The molecular weight excluding hydrogens is 328 g/mol. The van der Waals surface area contributed by atoms with Crippen molar-refractivity contribution < 1.29 is 14.3 Å². The molecule has 0 saturated carbocycles. The first-order chi connectivity index (χ1) is 12.4. The number of hydrogen-bond donors (Lipinski definition) is 2. The van der Waals surface area contributed by atoms with Gasteiger partial charge in [-0.15, -0.1) is 0 Å². The Hall–Kier alpha value is -2.82. The predicted octanol–water partition coefficient (Wildman–Crippen LogP) is 3.51. The summed E-state index contributed by atoms with van der Waals surface area (Å²) in [6.07, 6.45) is 0.195. The minimum absolute atomic E-state index is 0.0668. The molecule has 0 aliphatic rings.